The van der Waals surface area contributed by atoms with Gasteiger partial charge in [-0.2, -0.15) is 0 Å². The van der Waals surface area contributed by atoms with Gasteiger partial charge in [-0.25, -0.2) is 19.2 Å². The molecule has 0 radical (unpaired) electrons. The molecule has 0 aliphatic heterocycles. The summed E-state index contributed by atoms with van der Waals surface area (Å²) in [6.07, 6.45) is -2.14. The van der Waals surface area contributed by atoms with Gasteiger partial charge in [0.25, 0.3) is 0 Å². The van der Waals surface area contributed by atoms with Crippen LogP contribution in [0.15, 0.2) is 48.5 Å². The summed E-state index contributed by atoms with van der Waals surface area (Å²) in [7, 11) is 0. The Kier molecular flexibility index (Phi) is 25.0. The SMILES string of the molecule is CC(C)(C)OC(=O)OC(=O)OC(C)(C)C.CC(C)(C)OC(=O)Oc1c(C(C)(C)C)cc(Cc2cc(C(C)(C)C)c(OC(=O)OC(C)(C)C)c(C(C)(C)C)c2)cc1C(C)(C)C.CC(C)(C)c1cc(Cc2cc(C(C)(C)C)c(O)c(C(C)(C)C)c2)cc(C(C)(C)C)c1O. The van der Waals surface area contributed by atoms with Crippen LogP contribution in [0.5, 0.6) is 23.0 Å². The van der Waals surface area contributed by atoms with Crippen LogP contribution in [0.25, 0.3) is 0 Å². The maximum atomic E-state index is 12.9. The van der Waals surface area contributed by atoms with Crippen LogP contribution in [-0.4, -0.2) is 57.2 Å². The molecule has 0 saturated heterocycles. The summed E-state index contributed by atoms with van der Waals surface area (Å²) >= 11 is 0. The normalized spacial score (nSPS) is 13.2. The number of phenolic OH excluding ortho intramolecular Hbond substituents is 2. The number of benzene rings is 4. The Balaban J connectivity index is 0.000000527. The van der Waals surface area contributed by atoms with E-state index in [-0.39, 0.29) is 43.3 Å². The van der Waals surface area contributed by atoms with E-state index in [2.05, 4.69) is 219 Å². The topological polar surface area (TPSA) is 173 Å². The summed E-state index contributed by atoms with van der Waals surface area (Å²) in [4.78, 5) is 47.9. The number of carbonyl (C=O) groups is 4. The molecule has 4 aromatic rings. The number of phenols is 2. The molecule has 0 saturated carbocycles. The highest BCUT2D eigenvalue weighted by molar-refractivity contribution is 5.77. The molecule has 0 spiro atoms. The minimum atomic E-state index is -1.06. The molecule has 13 heteroatoms. The molecule has 512 valence electrons. The lowest BCUT2D eigenvalue weighted by molar-refractivity contribution is -0.0295. The second kappa shape index (κ2) is 28.1. The highest BCUT2D eigenvalue weighted by atomic mass is 16.8. The molecular weight excluding hydrogens is 1140 g/mol. The van der Waals surface area contributed by atoms with E-state index < -0.39 is 47.0 Å². The molecule has 4 aromatic carbocycles. The molecule has 0 fully saturated rings. The highest BCUT2D eigenvalue weighted by Gasteiger charge is 2.35. The highest BCUT2D eigenvalue weighted by Crippen LogP contribution is 2.46. The predicted octanol–water partition coefficient (Wildman–Crippen LogP) is 21.8. The predicted molar refractivity (Wildman–Crippen MR) is 372 cm³/mol. The van der Waals surface area contributed by atoms with Crippen molar-refractivity contribution < 1.29 is 62.5 Å². The fourth-order valence-electron chi connectivity index (χ4n) is 9.70. The molecule has 0 amide bonds. The fourth-order valence-corrected chi connectivity index (χ4v) is 9.70. The first kappa shape index (κ1) is 80.9. The van der Waals surface area contributed by atoms with E-state index in [1.165, 1.54) is 11.1 Å². The smallest absolute Gasteiger partial charge is 0.507 e. The zero-order chi connectivity index (χ0) is 71.6. The molecule has 0 aliphatic rings. The first-order valence-electron chi connectivity index (χ1n) is 32.2. The summed E-state index contributed by atoms with van der Waals surface area (Å²) in [5.74, 6) is 1.94. The number of aromatic hydroxyl groups is 2. The van der Waals surface area contributed by atoms with Crippen molar-refractivity contribution in [2.45, 2.75) is 328 Å². The van der Waals surface area contributed by atoms with Crippen molar-refractivity contribution >= 4 is 24.6 Å². The average Bonchev–Trinajstić information content (AvgIpc) is 0.804. The summed E-state index contributed by atoms with van der Waals surface area (Å²) in [5.41, 5.74) is 7.69. The number of ether oxygens (including phenoxy) is 7. The Morgan fingerprint density at radius 2 is 0.418 bits per heavy atom. The Bertz CT molecular complexity index is 2840. The third-order valence-electron chi connectivity index (χ3n) is 14.0. The summed E-state index contributed by atoms with van der Waals surface area (Å²) < 4.78 is 36.9. The van der Waals surface area contributed by atoms with Crippen molar-refractivity contribution in [1.29, 1.82) is 0 Å². The molecule has 0 unspecified atom stereocenters. The van der Waals surface area contributed by atoms with E-state index in [0.29, 0.717) is 29.4 Å². The van der Waals surface area contributed by atoms with Crippen LogP contribution in [0.2, 0.25) is 0 Å². The first-order chi connectivity index (χ1) is 40.1. The number of carbonyl (C=O) groups excluding carboxylic acids is 4. The van der Waals surface area contributed by atoms with Gasteiger partial charge in [0.05, 0.1) is 0 Å². The van der Waals surface area contributed by atoms with Gasteiger partial charge in [0.2, 0.25) is 0 Å². The van der Waals surface area contributed by atoms with E-state index in [4.69, 9.17) is 28.4 Å². The zero-order valence-corrected chi connectivity index (χ0v) is 63.4. The Morgan fingerprint density at radius 1 is 0.264 bits per heavy atom. The van der Waals surface area contributed by atoms with Gasteiger partial charge in [-0.3, -0.25) is 0 Å². The van der Waals surface area contributed by atoms with E-state index >= 15 is 0 Å². The van der Waals surface area contributed by atoms with Gasteiger partial charge in [0.15, 0.2) is 0 Å². The lowest BCUT2D eigenvalue weighted by Gasteiger charge is -2.31. The minimum Gasteiger partial charge on any atom is -0.507 e. The van der Waals surface area contributed by atoms with Crippen LogP contribution in [0.1, 0.15) is 316 Å². The largest absolute Gasteiger partial charge is 0.519 e. The number of hydrogen-bond donors (Lipinski definition) is 2. The average molecular weight is 1270 g/mol. The van der Waals surface area contributed by atoms with E-state index in [1.54, 1.807) is 41.5 Å². The van der Waals surface area contributed by atoms with E-state index in [1.807, 2.05) is 41.5 Å². The van der Waals surface area contributed by atoms with Gasteiger partial charge in [0.1, 0.15) is 45.4 Å². The van der Waals surface area contributed by atoms with Gasteiger partial charge >= 0.3 is 24.6 Å². The fraction of sp³-hybridized carbons (Fsp3) is 0.641. The maximum absolute atomic E-state index is 12.9. The van der Waals surface area contributed by atoms with Crippen molar-refractivity contribution in [1.82, 2.24) is 0 Å². The van der Waals surface area contributed by atoms with Gasteiger partial charge in [-0.1, -0.05) is 215 Å². The lowest BCUT2D eigenvalue weighted by Crippen LogP contribution is -2.29. The van der Waals surface area contributed by atoms with Crippen molar-refractivity contribution in [2.75, 3.05) is 0 Å². The monoisotopic (exact) mass is 1270 g/mol. The first-order valence-corrected chi connectivity index (χ1v) is 32.2. The van der Waals surface area contributed by atoms with Gasteiger partial charge < -0.3 is 43.4 Å². The molecule has 0 bridgehead atoms. The summed E-state index contributed by atoms with van der Waals surface area (Å²) in [5, 5.41) is 22.1. The molecule has 4 rings (SSSR count). The van der Waals surface area contributed by atoms with Crippen LogP contribution in [-0.2, 0) is 79.8 Å². The van der Waals surface area contributed by atoms with Crippen LogP contribution < -0.4 is 9.47 Å². The molecule has 0 heterocycles. The summed E-state index contributed by atoms with van der Waals surface area (Å²) in [6, 6.07) is 17.2. The van der Waals surface area contributed by atoms with Crippen molar-refractivity contribution in [3.8, 4) is 23.0 Å². The molecule has 91 heavy (non-hydrogen) atoms. The third kappa shape index (κ3) is 26.4. The number of hydrogen-bond acceptors (Lipinski definition) is 13. The minimum absolute atomic E-state index is 0.151. The standard InChI is InChI=1S/C39H60O6.C29H44O2.C10H18O5/c1-34(2,3)26-20-24(21-27(35(4,5)6)30(26)42-32(40)44-38(13,14)15)19-25-22-28(36(7,8)9)31(29(23-25)37(10,11)12)43-33(41)45-39(16,17)18;1-26(2,3)20-14-18(15-21(24(20)30)27(4,5)6)13-19-16-22(28(7,8)9)25(31)23(17-19)29(10,11)12;1-9(2,3)14-7(11)13-8(12)15-10(4,5)6/h20-23H,19H2,1-18H3;14-17,30-31H,13H2,1-12H3;1-6H3. The molecular formula is C78H122O13. The van der Waals surface area contributed by atoms with Gasteiger partial charge in [-0.15, -0.1) is 0 Å². The van der Waals surface area contributed by atoms with Crippen LogP contribution in [0, 0.1) is 0 Å². The van der Waals surface area contributed by atoms with Crippen molar-refractivity contribution in [2.24, 2.45) is 0 Å². The summed E-state index contributed by atoms with van der Waals surface area (Å²) in [6.45, 7) is 72.2. The van der Waals surface area contributed by atoms with Crippen LogP contribution in [0.3, 0.4) is 0 Å². The van der Waals surface area contributed by atoms with Crippen molar-refractivity contribution in [3.05, 3.63) is 115 Å². The van der Waals surface area contributed by atoms with Crippen molar-refractivity contribution in [3.63, 3.8) is 0 Å². The van der Waals surface area contributed by atoms with Crippen LogP contribution >= 0.6 is 0 Å². The van der Waals surface area contributed by atoms with Gasteiger partial charge in [-0.05, 0) is 184 Å². The number of rotatable bonds is 6. The van der Waals surface area contributed by atoms with E-state index in [9.17, 15) is 29.4 Å². The second-order valence-corrected chi connectivity index (χ2v) is 36.6. The maximum Gasteiger partial charge on any atom is 0.519 e. The molecule has 0 aromatic heterocycles. The molecule has 2 N–H and O–H groups in total. The third-order valence-corrected chi connectivity index (χ3v) is 14.0. The Morgan fingerprint density at radius 3 is 0.571 bits per heavy atom. The molecule has 0 atom stereocenters. The Hall–Kier alpha value is -6.24. The van der Waals surface area contributed by atoms with Crippen LogP contribution in [0.4, 0.5) is 19.2 Å². The quantitative estimate of drug-likeness (QED) is 0.0809. The van der Waals surface area contributed by atoms with E-state index in [0.717, 1.165) is 62.1 Å². The zero-order valence-electron chi connectivity index (χ0n) is 63.4. The Labute approximate surface area is 550 Å². The second-order valence-electron chi connectivity index (χ2n) is 36.6. The molecule has 0 aliphatic carbocycles. The lowest BCUT2D eigenvalue weighted by atomic mass is 9.76. The molecule has 13 nitrogen and oxygen atoms in total. The van der Waals surface area contributed by atoms with Gasteiger partial charge in [0, 0.05) is 22.3 Å².